The van der Waals surface area contributed by atoms with Gasteiger partial charge in [-0.3, -0.25) is 4.79 Å². The molecule has 1 atom stereocenters. The number of piperidine rings is 1. The molecular weight excluding hydrogens is 372 g/mol. The summed E-state index contributed by atoms with van der Waals surface area (Å²) in [5.41, 5.74) is 0.891. The van der Waals surface area contributed by atoms with Crippen LogP contribution in [0.5, 0.6) is 5.75 Å². The first-order chi connectivity index (χ1) is 12.5. The van der Waals surface area contributed by atoms with E-state index in [4.69, 9.17) is 4.74 Å². The normalized spacial score (nSPS) is 18.4. The van der Waals surface area contributed by atoms with Gasteiger partial charge in [-0.1, -0.05) is 24.3 Å². The van der Waals surface area contributed by atoms with Crippen molar-refractivity contribution in [3.63, 3.8) is 0 Å². The molecule has 140 valence electrons. The van der Waals surface area contributed by atoms with E-state index in [9.17, 15) is 13.2 Å². The lowest BCUT2D eigenvalue weighted by molar-refractivity contribution is -0.126. The summed E-state index contributed by atoms with van der Waals surface area (Å²) < 4.78 is 32.4. The Kier molecular flexibility index (Phi) is 5.95. The highest BCUT2D eigenvalue weighted by atomic mass is 32.2. The van der Waals surface area contributed by atoms with Gasteiger partial charge in [0.25, 0.3) is 10.0 Å². The van der Waals surface area contributed by atoms with Crippen LogP contribution in [0.15, 0.2) is 46.0 Å². The maximum absolute atomic E-state index is 12.7. The van der Waals surface area contributed by atoms with E-state index >= 15 is 0 Å². The van der Waals surface area contributed by atoms with Crippen LogP contribution in [0.25, 0.3) is 0 Å². The van der Waals surface area contributed by atoms with Gasteiger partial charge in [0, 0.05) is 25.2 Å². The summed E-state index contributed by atoms with van der Waals surface area (Å²) in [4.78, 5) is 12.6. The van der Waals surface area contributed by atoms with Crippen LogP contribution in [0.1, 0.15) is 18.4 Å². The van der Waals surface area contributed by atoms with Crippen molar-refractivity contribution in [2.75, 3.05) is 20.2 Å². The molecule has 0 unspecified atom stereocenters. The van der Waals surface area contributed by atoms with E-state index in [0.29, 0.717) is 30.1 Å². The molecule has 1 aliphatic rings. The summed E-state index contributed by atoms with van der Waals surface area (Å²) in [6.07, 6.45) is 1.37. The monoisotopic (exact) mass is 394 g/mol. The average Bonchev–Trinajstić information content (AvgIpc) is 3.22. The maximum Gasteiger partial charge on any atom is 0.252 e. The Hall–Kier alpha value is -1.90. The van der Waals surface area contributed by atoms with Gasteiger partial charge in [0.1, 0.15) is 9.96 Å². The number of para-hydroxylation sites is 1. The van der Waals surface area contributed by atoms with Crippen molar-refractivity contribution in [2.45, 2.75) is 23.6 Å². The Bertz CT molecular complexity index is 850. The molecule has 26 heavy (non-hydrogen) atoms. The van der Waals surface area contributed by atoms with Gasteiger partial charge in [0.2, 0.25) is 5.91 Å². The summed E-state index contributed by atoms with van der Waals surface area (Å²) in [7, 11) is -1.92. The van der Waals surface area contributed by atoms with E-state index in [1.54, 1.807) is 24.6 Å². The van der Waals surface area contributed by atoms with E-state index in [-0.39, 0.29) is 18.4 Å². The first-order valence-electron chi connectivity index (χ1n) is 8.45. The lowest BCUT2D eigenvalue weighted by Crippen LogP contribution is -2.45. The van der Waals surface area contributed by atoms with Crippen molar-refractivity contribution in [1.82, 2.24) is 9.62 Å². The molecule has 0 radical (unpaired) electrons. The second kappa shape index (κ2) is 8.20. The van der Waals surface area contributed by atoms with Crippen LogP contribution in [0.2, 0.25) is 0 Å². The molecule has 0 saturated carbocycles. The molecule has 1 fully saturated rings. The largest absolute Gasteiger partial charge is 0.496 e. The predicted octanol–water partition coefficient (Wildman–Crippen LogP) is 2.47. The summed E-state index contributed by atoms with van der Waals surface area (Å²) >= 11 is 1.20. The number of benzene rings is 1. The number of amides is 1. The lowest BCUT2D eigenvalue weighted by Gasteiger charge is -2.30. The highest BCUT2D eigenvalue weighted by Gasteiger charge is 2.33. The number of nitrogens with zero attached hydrogens (tertiary/aromatic N) is 1. The van der Waals surface area contributed by atoms with Crippen LogP contribution < -0.4 is 10.1 Å². The topological polar surface area (TPSA) is 75.7 Å². The van der Waals surface area contributed by atoms with E-state index in [1.807, 2.05) is 24.3 Å². The Morgan fingerprint density at radius 1 is 1.31 bits per heavy atom. The highest BCUT2D eigenvalue weighted by Crippen LogP contribution is 2.26. The molecule has 1 saturated heterocycles. The van der Waals surface area contributed by atoms with Gasteiger partial charge in [-0.25, -0.2) is 8.42 Å². The Labute approximate surface area is 157 Å². The number of thiophene rings is 1. The lowest BCUT2D eigenvalue weighted by atomic mass is 9.98. The number of hydrogen-bond acceptors (Lipinski definition) is 5. The van der Waals surface area contributed by atoms with Crippen LogP contribution in [0, 0.1) is 5.92 Å². The molecule has 0 aliphatic carbocycles. The van der Waals surface area contributed by atoms with Gasteiger partial charge < -0.3 is 10.1 Å². The third-order valence-electron chi connectivity index (χ3n) is 4.49. The SMILES string of the molecule is COc1ccccc1CNC(=O)[C@H]1CCCN(S(=O)(=O)c2cccs2)C1. The molecule has 0 bridgehead atoms. The summed E-state index contributed by atoms with van der Waals surface area (Å²) in [5.74, 6) is 0.258. The van der Waals surface area contributed by atoms with Gasteiger partial charge in [-0.2, -0.15) is 4.31 Å². The van der Waals surface area contributed by atoms with E-state index < -0.39 is 10.0 Å². The van der Waals surface area contributed by atoms with Gasteiger partial charge in [0.05, 0.1) is 13.0 Å². The Morgan fingerprint density at radius 2 is 2.12 bits per heavy atom. The average molecular weight is 395 g/mol. The Balaban J connectivity index is 1.63. The maximum atomic E-state index is 12.7. The van der Waals surface area contributed by atoms with Crippen LogP contribution in [-0.2, 0) is 21.4 Å². The first-order valence-corrected chi connectivity index (χ1v) is 10.8. The molecule has 2 heterocycles. The van der Waals surface area contributed by atoms with Crippen LogP contribution >= 0.6 is 11.3 Å². The zero-order valence-electron chi connectivity index (χ0n) is 14.6. The van der Waals surface area contributed by atoms with Crippen molar-refractivity contribution in [3.8, 4) is 5.75 Å². The minimum absolute atomic E-state index is 0.123. The number of nitrogens with one attached hydrogen (secondary N) is 1. The Morgan fingerprint density at radius 3 is 2.85 bits per heavy atom. The molecule has 0 spiro atoms. The van der Waals surface area contributed by atoms with Gasteiger partial charge in [0.15, 0.2) is 0 Å². The molecular formula is C18H22N2O4S2. The van der Waals surface area contributed by atoms with Crippen molar-refractivity contribution in [3.05, 3.63) is 47.3 Å². The van der Waals surface area contributed by atoms with E-state index in [0.717, 1.165) is 11.3 Å². The minimum Gasteiger partial charge on any atom is -0.496 e. The second-order valence-electron chi connectivity index (χ2n) is 6.16. The summed E-state index contributed by atoms with van der Waals surface area (Å²) in [6.45, 7) is 1.03. The molecule has 6 nitrogen and oxygen atoms in total. The molecule has 2 aromatic rings. The molecule has 1 aliphatic heterocycles. The molecule has 3 rings (SSSR count). The molecule has 8 heteroatoms. The third-order valence-corrected chi connectivity index (χ3v) is 7.73. The highest BCUT2D eigenvalue weighted by molar-refractivity contribution is 7.91. The number of hydrogen-bond donors (Lipinski definition) is 1. The zero-order valence-corrected chi connectivity index (χ0v) is 16.2. The number of ether oxygens (including phenoxy) is 1. The van der Waals surface area contributed by atoms with Crippen molar-refractivity contribution >= 4 is 27.3 Å². The smallest absolute Gasteiger partial charge is 0.252 e. The van der Waals surface area contributed by atoms with Gasteiger partial charge in [-0.05, 0) is 30.4 Å². The molecule has 1 aromatic heterocycles. The minimum atomic E-state index is -3.51. The third kappa shape index (κ3) is 4.08. The number of carbonyl (C=O) groups is 1. The summed E-state index contributed by atoms with van der Waals surface area (Å²) in [5, 5.41) is 4.66. The summed E-state index contributed by atoms with van der Waals surface area (Å²) in [6, 6.07) is 10.8. The van der Waals surface area contributed by atoms with Crippen LogP contribution in [0.3, 0.4) is 0 Å². The quantitative estimate of drug-likeness (QED) is 0.817. The van der Waals surface area contributed by atoms with Crippen molar-refractivity contribution in [2.24, 2.45) is 5.92 Å². The molecule has 1 aromatic carbocycles. The van der Waals surface area contributed by atoms with Crippen molar-refractivity contribution in [1.29, 1.82) is 0 Å². The van der Waals surface area contributed by atoms with Crippen molar-refractivity contribution < 1.29 is 17.9 Å². The van der Waals surface area contributed by atoms with Gasteiger partial charge >= 0.3 is 0 Å². The molecule has 1 amide bonds. The first kappa shape index (κ1) is 18.9. The predicted molar refractivity (Wildman–Crippen MR) is 101 cm³/mol. The van der Waals surface area contributed by atoms with Gasteiger partial charge in [-0.15, -0.1) is 11.3 Å². The van der Waals surface area contributed by atoms with E-state index in [2.05, 4.69) is 5.32 Å². The second-order valence-corrected chi connectivity index (χ2v) is 9.28. The van der Waals surface area contributed by atoms with Crippen LogP contribution in [0.4, 0.5) is 0 Å². The van der Waals surface area contributed by atoms with Crippen LogP contribution in [-0.4, -0.2) is 38.8 Å². The zero-order chi connectivity index (χ0) is 18.6. The fraction of sp³-hybridized carbons (Fsp3) is 0.389. The molecule has 1 N–H and O–H groups in total. The van der Waals surface area contributed by atoms with E-state index in [1.165, 1.54) is 15.6 Å². The number of sulfonamides is 1. The number of carbonyl (C=O) groups excluding carboxylic acids is 1. The number of methoxy groups -OCH3 is 1. The number of rotatable bonds is 6. The fourth-order valence-electron chi connectivity index (χ4n) is 3.09. The fourth-order valence-corrected chi connectivity index (χ4v) is 5.76. The standard InChI is InChI=1S/C18H22N2O4S2/c1-24-16-8-3-2-6-14(16)12-19-18(21)15-7-4-10-20(13-15)26(22,23)17-9-5-11-25-17/h2-3,5-6,8-9,11,15H,4,7,10,12-13H2,1H3,(H,19,21)/t15-/m0/s1.